The lowest BCUT2D eigenvalue weighted by Crippen LogP contribution is -2.21. The largest absolute Gasteiger partial charge is 0.378 e. The van der Waals surface area contributed by atoms with Gasteiger partial charge in [-0.25, -0.2) is 0 Å². The van der Waals surface area contributed by atoms with Crippen molar-refractivity contribution < 1.29 is 4.74 Å². The lowest BCUT2D eigenvalue weighted by molar-refractivity contribution is 0.0186. The number of halogens is 1. The average molecular weight is 302 g/mol. The van der Waals surface area contributed by atoms with E-state index in [0.29, 0.717) is 12.0 Å². The van der Waals surface area contributed by atoms with Gasteiger partial charge in [-0.05, 0) is 66.0 Å². The fourth-order valence-electron chi connectivity index (χ4n) is 2.06. The van der Waals surface area contributed by atoms with E-state index in [9.17, 15) is 0 Å². The fraction of sp³-hybridized carbons (Fsp3) is 0.500. The first-order valence-electron chi connectivity index (χ1n) is 5.13. The molecular formula is C12H15IO. The van der Waals surface area contributed by atoms with Crippen LogP contribution in [0.1, 0.15) is 31.2 Å². The lowest BCUT2D eigenvalue weighted by Gasteiger charge is -2.27. The van der Waals surface area contributed by atoms with Gasteiger partial charge in [-0.1, -0.05) is 12.1 Å². The van der Waals surface area contributed by atoms with Gasteiger partial charge < -0.3 is 4.74 Å². The monoisotopic (exact) mass is 302 g/mol. The van der Waals surface area contributed by atoms with E-state index in [4.69, 9.17) is 4.74 Å². The quantitative estimate of drug-likeness (QED) is 0.721. The van der Waals surface area contributed by atoms with E-state index in [-0.39, 0.29) is 0 Å². The normalized spacial score (nSPS) is 27.6. The van der Waals surface area contributed by atoms with Crippen molar-refractivity contribution in [3.63, 3.8) is 0 Å². The van der Waals surface area contributed by atoms with E-state index in [1.165, 1.54) is 22.0 Å². The maximum absolute atomic E-state index is 5.56. The molecule has 0 bridgehead atoms. The molecule has 0 amide bonds. The molecule has 0 radical (unpaired) electrons. The van der Waals surface area contributed by atoms with Gasteiger partial charge in [0, 0.05) is 10.2 Å². The van der Waals surface area contributed by atoms with Crippen LogP contribution in [0.25, 0.3) is 0 Å². The van der Waals surface area contributed by atoms with Gasteiger partial charge in [0.25, 0.3) is 0 Å². The molecule has 1 fully saturated rings. The van der Waals surface area contributed by atoms with E-state index in [0.717, 1.165) is 6.61 Å². The van der Waals surface area contributed by atoms with Crippen LogP contribution in [0.3, 0.4) is 0 Å². The molecule has 1 heterocycles. The highest BCUT2D eigenvalue weighted by Gasteiger charge is 2.20. The molecule has 0 aromatic heterocycles. The minimum atomic E-state index is 0.423. The second-order valence-electron chi connectivity index (χ2n) is 3.96. The molecule has 2 heteroatoms. The van der Waals surface area contributed by atoms with Crippen LogP contribution in [0.2, 0.25) is 0 Å². The third kappa shape index (κ3) is 2.48. The van der Waals surface area contributed by atoms with Crippen LogP contribution in [-0.2, 0) is 4.74 Å². The Kier molecular flexibility index (Phi) is 3.44. The molecule has 0 saturated carbocycles. The second kappa shape index (κ2) is 4.62. The number of hydrogen-bond donors (Lipinski definition) is 0. The summed E-state index contributed by atoms with van der Waals surface area (Å²) in [6.45, 7) is 3.08. The summed E-state index contributed by atoms with van der Waals surface area (Å²) < 4.78 is 6.89. The van der Waals surface area contributed by atoms with Crippen LogP contribution in [0.5, 0.6) is 0 Å². The summed E-state index contributed by atoms with van der Waals surface area (Å²) in [5.41, 5.74) is 1.48. The summed E-state index contributed by atoms with van der Waals surface area (Å²) in [4.78, 5) is 0. The fourth-order valence-corrected chi connectivity index (χ4v) is 2.63. The molecule has 1 aromatic carbocycles. The zero-order valence-corrected chi connectivity index (χ0v) is 10.5. The van der Waals surface area contributed by atoms with Crippen LogP contribution in [0.4, 0.5) is 0 Å². The molecule has 14 heavy (non-hydrogen) atoms. The lowest BCUT2D eigenvalue weighted by atomic mass is 9.89. The molecule has 1 aromatic rings. The number of ether oxygens (including phenoxy) is 1. The van der Waals surface area contributed by atoms with Gasteiger partial charge >= 0.3 is 0 Å². The standard InChI is InChI=1S/C12H15IO/c1-9-7-11(5-6-14-9)10-3-2-4-12(13)8-10/h2-4,8-9,11H,5-7H2,1H3. The molecule has 2 unspecified atom stereocenters. The van der Waals surface area contributed by atoms with Gasteiger partial charge in [-0.15, -0.1) is 0 Å². The zero-order chi connectivity index (χ0) is 9.97. The van der Waals surface area contributed by atoms with E-state index >= 15 is 0 Å². The Morgan fingerprint density at radius 2 is 2.29 bits per heavy atom. The number of benzene rings is 1. The Balaban J connectivity index is 2.14. The SMILES string of the molecule is CC1CC(c2cccc(I)c2)CCO1. The van der Waals surface area contributed by atoms with Gasteiger partial charge in [-0.2, -0.15) is 0 Å². The highest BCUT2D eigenvalue weighted by molar-refractivity contribution is 14.1. The van der Waals surface area contributed by atoms with E-state index in [1.54, 1.807) is 0 Å². The molecule has 76 valence electrons. The maximum Gasteiger partial charge on any atom is 0.0552 e. The van der Waals surface area contributed by atoms with Gasteiger partial charge in [0.15, 0.2) is 0 Å². The third-order valence-electron chi connectivity index (χ3n) is 2.81. The first-order chi connectivity index (χ1) is 6.75. The minimum Gasteiger partial charge on any atom is -0.378 e. The molecule has 1 aliphatic rings. The second-order valence-corrected chi connectivity index (χ2v) is 5.20. The Morgan fingerprint density at radius 1 is 1.43 bits per heavy atom. The molecule has 2 atom stereocenters. The Morgan fingerprint density at radius 3 is 3.00 bits per heavy atom. The van der Waals surface area contributed by atoms with Gasteiger partial charge in [-0.3, -0.25) is 0 Å². The highest BCUT2D eigenvalue weighted by atomic mass is 127. The van der Waals surface area contributed by atoms with Crippen LogP contribution in [0.15, 0.2) is 24.3 Å². The van der Waals surface area contributed by atoms with Crippen molar-refractivity contribution >= 4 is 22.6 Å². The summed E-state index contributed by atoms with van der Waals surface area (Å²) in [5, 5.41) is 0. The topological polar surface area (TPSA) is 9.23 Å². The van der Waals surface area contributed by atoms with Crippen molar-refractivity contribution in [1.29, 1.82) is 0 Å². The Hall–Kier alpha value is -0.0900. The average Bonchev–Trinajstić information content (AvgIpc) is 2.18. The van der Waals surface area contributed by atoms with Crippen molar-refractivity contribution in [1.82, 2.24) is 0 Å². The first kappa shape index (κ1) is 10.4. The predicted molar refractivity (Wildman–Crippen MR) is 66.5 cm³/mol. The van der Waals surface area contributed by atoms with Crippen molar-refractivity contribution in [2.75, 3.05) is 6.61 Å². The van der Waals surface area contributed by atoms with Crippen molar-refractivity contribution in [3.05, 3.63) is 33.4 Å². The van der Waals surface area contributed by atoms with Gasteiger partial charge in [0.1, 0.15) is 0 Å². The van der Waals surface area contributed by atoms with Crippen LogP contribution in [0, 0.1) is 3.57 Å². The van der Waals surface area contributed by atoms with Gasteiger partial charge in [0.05, 0.1) is 6.10 Å². The molecule has 0 spiro atoms. The van der Waals surface area contributed by atoms with E-state index < -0.39 is 0 Å². The first-order valence-corrected chi connectivity index (χ1v) is 6.20. The summed E-state index contributed by atoms with van der Waals surface area (Å²) in [6.07, 6.45) is 2.76. The Bertz CT molecular complexity index is 311. The van der Waals surface area contributed by atoms with Crippen molar-refractivity contribution in [2.24, 2.45) is 0 Å². The number of rotatable bonds is 1. The minimum absolute atomic E-state index is 0.423. The van der Waals surface area contributed by atoms with Crippen molar-refractivity contribution in [2.45, 2.75) is 31.8 Å². The molecule has 1 saturated heterocycles. The van der Waals surface area contributed by atoms with E-state index in [1.807, 2.05) is 0 Å². The molecule has 0 N–H and O–H groups in total. The van der Waals surface area contributed by atoms with Crippen LogP contribution >= 0.6 is 22.6 Å². The summed E-state index contributed by atoms with van der Waals surface area (Å²) in [7, 11) is 0. The third-order valence-corrected chi connectivity index (χ3v) is 3.48. The van der Waals surface area contributed by atoms with Gasteiger partial charge in [0.2, 0.25) is 0 Å². The van der Waals surface area contributed by atoms with Crippen molar-refractivity contribution in [3.8, 4) is 0 Å². The summed E-state index contributed by atoms with van der Waals surface area (Å²) >= 11 is 2.38. The maximum atomic E-state index is 5.56. The summed E-state index contributed by atoms with van der Waals surface area (Å²) in [6, 6.07) is 8.83. The van der Waals surface area contributed by atoms with E-state index in [2.05, 4.69) is 53.8 Å². The Labute approximate surface area is 99.0 Å². The molecule has 2 rings (SSSR count). The smallest absolute Gasteiger partial charge is 0.0552 e. The summed E-state index contributed by atoms with van der Waals surface area (Å²) in [5.74, 6) is 0.702. The molecule has 1 aliphatic heterocycles. The zero-order valence-electron chi connectivity index (χ0n) is 8.37. The van der Waals surface area contributed by atoms with Crippen LogP contribution < -0.4 is 0 Å². The number of hydrogen-bond acceptors (Lipinski definition) is 1. The molecule has 0 aliphatic carbocycles. The predicted octanol–water partition coefficient (Wildman–Crippen LogP) is 3.57. The highest BCUT2D eigenvalue weighted by Crippen LogP contribution is 2.30. The molecule has 1 nitrogen and oxygen atoms in total. The van der Waals surface area contributed by atoms with Crippen LogP contribution in [-0.4, -0.2) is 12.7 Å². The molecular weight excluding hydrogens is 287 g/mol.